The van der Waals surface area contributed by atoms with Crippen molar-refractivity contribution in [1.82, 2.24) is 9.55 Å². The van der Waals surface area contributed by atoms with Gasteiger partial charge in [-0.2, -0.15) is 0 Å². The molecule has 0 radical (unpaired) electrons. The molecule has 84 valence electrons. The van der Waals surface area contributed by atoms with Gasteiger partial charge in [-0.25, -0.2) is 0 Å². The monoisotopic (exact) mass is 213 g/mol. The molecular formula is C8H15N5O2. The van der Waals surface area contributed by atoms with Crippen molar-refractivity contribution in [1.29, 1.82) is 0 Å². The van der Waals surface area contributed by atoms with Crippen molar-refractivity contribution in [2.45, 2.75) is 6.42 Å². The van der Waals surface area contributed by atoms with Crippen molar-refractivity contribution < 1.29 is 4.92 Å². The molecule has 0 fully saturated rings. The third kappa shape index (κ3) is 2.44. The minimum Gasteiger partial charge on any atom is -0.358 e. The molecule has 1 aromatic rings. The molecule has 0 bridgehead atoms. The summed E-state index contributed by atoms with van der Waals surface area (Å²) in [5.41, 5.74) is 5.38. The van der Waals surface area contributed by atoms with Crippen LogP contribution >= 0.6 is 0 Å². The lowest BCUT2D eigenvalue weighted by Gasteiger charge is -2.17. The fraction of sp³-hybridized carbons (Fsp3) is 0.625. The van der Waals surface area contributed by atoms with Gasteiger partial charge in [-0.1, -0.05) is 0 Å². The number of imidazole rings is 1. The first kappa shape index (κ1) is 11.4. The Morgan fingerprint density at radius 2 is 2.40 bits per heavy atom. The number of rotatable bonds is 5. The van der Waals surface area contributed by atoms with Crippen LogP contribution in [0.1, 0.15) is 6.42 Å². The maximum Gasteiger partial charge on any atom is 0.406 e. The van der Waals surface area contributed by atoms with Crippen LogP contribution in [0.25, 0.3) is 0 Å². The Balaban J connectivity index is 2.90. The van der Waals surface area contributed by atoms with E-state index in [2.05, 4.69) is 4.98 Å². The Morgan fingerprint density at radius 3 is 2.93 bits per heavy atom. The summed E-state index contributed by atoms with van der Waals surface area (Å²) in [6.07, 6.45) is 2.23. The molecule has 1 rings (SSSR count). The summed E-state index contributed by atoms with van der Waals surface area (Å²) in [5, 5.41) is 10.7. The van der Waals surface area contributed by atoms with Crippen molar-refractivity contribution in [2.75, 3.05) is 25.0 Å². The highest BCUT2D eigenvalue weighted by atomic mass is 16.6. The molecule has 0 saturated carbocycles. The van der Waals surface area contributed by atoms with Crippen LogP contribution in [-0.4, -0.2) is 34.6 Å². The topological polar surface area (TPSA) is 90.2 Å². The molecule has 0 aliphatic carbocycles. The fourth-order valence-corrected chi connectivity index (χ4v) is 1.41. The fourth-order valence-electron chi connectivity index (χ4n) is 1.41. The summed E-state index contributed by atoms with van der Waals surface area (Å²) in [4.78, 5) is 15.7. The predicted octanol–water partition coefficient (Wildman–Crippen LogP) is 0.113. The number of hydrogen-bond donors (Lipinski definition) is 1. The highest BCUT2D eigenvalue weighted by Crippen LogP contribution is 2.24. The van der Waals surface area contributed by atoms with E-state index in [0.717, 1.165) is 6.42 Å². The van der Waals surface area contributed by atoms with E-state index >= 15 is 0 Å². The lowest BCUT2D eigenvalue weighted by Crippen LogP contribution is -2.23. The van der Waals surface area contributed by atoms with E-state index in [-0.39, 0.29) is 5.82 Å². The molecule has 0 saturated heterocycles. The maximum atomic E-state index is 10.7. The number of hydrogen-bond acceptors (Lipinski definition) is 5. The van der Waals surface area contributed by atoms with Gasteiger partial charge < -0.3 is 20.7 Å². The van der Waals surface area contributed by atoms with Crippen molar-refractivity contribution >= 4 is 11.6 Å². The van der Waals surface area contributed by atoms with Crippen LogP contribution in [-0.2, 0) is 7.05 Å². The van der Waals surface area contributed by atoms with E-state index in [1.807, 2.05) is 0 Å². The average Bonchev–Trinajstić information content (AvgIpc) is 2.56. The summed E-state index contributed by atoms with van der Waals surface area (Å²) < 4.78 is 1.63. The number of aromatic nitrogens is 2. The molecule has 0 unspecified atom stereocenters. The van der Waals surface area contributed by atoms with Crippen LogP contribution in [0.3, 0.4) is 0 Å². The molecule has 0 aromatic carbocycles. The first-order chi connectivity index (χ1) is 7.07. The first-order valence-electron chi connectivity index (χ1n) is 4.64. The van der Waals surface area contributed by atoms with E-state index in [4.69, 9.17) is 5.73 Å². The van der Waals surface area contributed by atoms with Crippen LogP contribution in [0, 0.1) is 10.1 Å². The lowest BCUT2D eigenvalue weighted by molar-refractivity contribution is -0.388. The molecule has 0 spiro atoms. The number of anilines is 1. The molecule has 0 aliphatic rings. The van der Waals surface area contributed by atoms with Gasteiger partial charge in [-0.05, 0) is 22.9 Å². The third-order valence-electron chi connectivity index (χ3n) is 2.12. The quantitative estimate of drug-likeness (QED) is 0.554. The normalized spacial score (nSPS) is 10.3. The molecule has 15 heavy (non-hydrogen) atoms. The van der Waals surface area contributed by atoms with Gasteiger partial charge in [0.15, 0.2) is 0 Å². The molecule has 7 nitrogen and oxygen atoms in total. The second-order valence-corrected chi connectivity index (χ2v) is 3.32. The number of nitrogens with zero attached hydrogens (tertiary/aromatic N) is 4. The third-order valence-corrected chi connectivity index (χ3v) is 2.12. The first-order valence-corrected chi connectivity index (χ1v) is 4.64. The standard InChI is InChI=1S/C8H15N5O2/c1-11(5-3-4-9)8-7(13(14)15)10-6-12(8)2/h6H,3-5,9H2,1-2H3. The van der Waals surface area contributed by atoms with Crippen LogP contribution in [0.15, 0.2) is 6.33 Å². The van der Waals surface area contributed by atoms with E-state index < -0.39 is 4.92 Å². The molecule has 1 heterocycles. The Hall–Kier alpha value is -1.63. The Kier molecular flexibility index (Phi) is 3.62. The summed E-state index contributed by atoms with van der Waals surface area (Å²) in [7, 11) is 3.52. The zero-order valence-corrected chi connectivity index (χ0v) is 8.88. The van der Waals surface area contributed by atoms with Crippen LogP contribution in [0.2, 0.25) is 0 Å². The molecular weight excluding hydrogens is 198 g/mol. The average molecular weight is 213 g/mol. The van der Waals surface area contributed by atoms with E-state index in [9.17, 15) is 10.1 Å². The number of aryl methyl sites for hydroxylation is 1. The van der Waals surface area contributed by atoms with Gasteiger partial charge in [0.1, 0.15) is 0 Å². The summed E-state index contributed by atoms with van der Waals surface area (Å²) in [6, 6.07) is 0. The summed E-state index contributed by atoms with van der Waals surface area (Å²) >= 11 is 0. The van der Waals surface area contributed by atoms with Gasteiger partial charge >= 0.3 is 5.82 Å². The van der Waals surface area contributed by atoms with Crippen molar-refractivity contribution in [2.24, 2.45) is 12.8 Å². The number of nitro groups is 1. The van der Waals surface area contributed by atoms with Gasteiger partial charge in [-0.3, -0.25) is 4.57 Å². The van der Waals surface area contributed by atoms with Gasteiger partial charge in [0, 0.05) is 20.6 Å². The second-order valence-electron chi connectivity index (χ2n) is 3.32. The Bertz CT molecular complexity index is 349. The van der Waals surface area contributed by atoms with Crippen molar-refractivity contribution in [3.63, 3.8) is 0 Å². The Morgan fingerprint density at radius 1 is 1.73 bits per heavy atom. The smallest absolute Gasteiger partial charge is 0.358 e. The Labute approximate surface area is 87.6 Å². The molecule has 0 amide bonds. The lowest BCUT2D eigenvalue weighted by atomic mass is 10.4. The van der Waals surface area contributed by atoms with Crippen molar-refractivity contribution in [3.05, 3.63) is 16.4 Å². The zero-order chi connectivity index (χ0) is 11.4. The van der Waals surface area contributed by atoms with Crippen molar-refractivity contribution in [3.8, 4) is 0 Å². The summed E-state index contributed by atoms with van der Waals surface area (Å²) in [5.74, 6) is 0.394. The van der Waals surface area contributed by atoms with Gasteiger partial charge in [0.2, 0.25) is 12.1 Å². The molecule has 7 heteroatoms. The highest BCUT2D eigenvalue weighted by molar-refractivity contribution is 5.53. The minimum atomic E-state index is -0.478. The van der Waals surface area contributed by atoms with E-state index in [1.165, 1.54) is 6.33 Å². The molecule has 0 aliphatic heterocycles. The minimum absolute atomic E-state index is 0.114. The second kappa shape index (κ2) is 4.74. The van der Waals surface area contributed by atoms with Crippen LogP contribution in [0.4, 0.5) is 11.6 Å². The number of nitrogens with two attached hydrogens (primary N) is 1. The van der Waals surface area contributed by atoms with E-state index in [0.29, 0.717) is 18.9 Å². The largest absolute Gasteiger partial charge is 0.406 e. The van der Waals surface area contributed by atoms with Gasteiger partial charge in [0.25, 0.3) is 0 Å². The van der Waals surface area contributed by atoms with E-state index in [1.54, 1.807) is 23.6 Å². The highest BCUT2D eigenvalue weighted by Gasteiger charge is 2.22. The van der Waals surface area contributed by atoms with Crippen LogP contribution in [0.5, 0.6) is 0 Å². The maximum absolute atomic E-state index is 10.7. The molecule has 1 aromatic heterocycles. The molecule has 0 atom stereocenters. The molecule has 2 N–H and O–H groups in total. The van der Waals surface area contributed by atoms with Gasteiger partial charge in [-0.15, -0.1) is 0 Å². The zero-order valence-electron chi connectivity index (χ0n) is 8.88. The van der Waals surface area contributed by atoms with Crippen LogP contribution < -0.4 is 10.6 Å². The summed E-state index contributed by atoms with van der Waals surface area (Å²) in [6.45, 7) is 1.24. The van der Waals surface area contributed by atoms with Gasteiger partial charge in [0.05, 0.1) is 0 Å². The SMILES string of the molecule is CN(CCCN)c1c([N+](=O)[O-])ncn1C. The predicted molar refractivity (Wildman–Crippen MR) is 56.8 cm³/mol.